The zero-order valence-corrected chi connectivity index (χ0v) is 28.1. The predicted octanol–water partition coefficient (Wildman–Crippen LogP) is 8.34. The fraction of sp³-hybridized carbons (Fsp3) is 0.190. The number of H-pyrrole nitrogens is 1. The molecular weight excluding hydrogens is 605 g/mol. The van der Waals surface area contributed by atoms with Gasteiger partial charge in [0, 0.05) is 24.7 Å². The molecule has 0 bridgehead atoms. The van der Waals surface area contributed by atoms with Crippen molar-refractivity contribution in [2.75, 3.05) is 0 Å². The van der Waals surface area contributed by atoms with Gasteiger partial charge < -0.3 is 9.67 Å². The number of aromatic amines is 1. The zero-order valence-electron chi connectivity index (χ0n) is 28.1. The molecule has 0 spiro atoms. The summed E-state index contributed by atoms with van der Waals surface area (Å²) >= 11 is 0. The highest BCUT2D eigenvalue weighted by Crippen LogP contribution is 2.49. The minimum absolute atomic E-state index is 0.521. The standard InChI is InChI=1S/C42H40N6O/c1-4-16-39-43-38(41(2,3)49)29-48(39)28-30-25-26-34(36(27-30)40-44-46-47-45-40)35-23-14-15-24-37(35)42(31-17-8-5-9-18-31,32-19-10-6-11-20-32)33-21-12-7-13-22-33/h5-15,17-27,29,49H,4,16,28H2,1-3H3,(H,44,45,46,47). The molecule has 2 N–H and O–H groups in total. The summed E-state index contributed by atoms with van der Waals surface area (Å²) in [5, 5.41) is 26.3. The summed E-state index contributed by atoms with van der Waals surface area (Å²) in [5.74, 6) is 1.47. The first-order valence-electron chi connectivity index (χ1n) is 16.8. The number of benzene rings is 5. The van der Waals surface area contributed by atoms with Crippen LogP contribution in [0.25, 0.3) is 22.5 Å². The Balaban J connectivity index is 1.45. The number of tetrazole rings is 1. The Morgan fingerprint density at radius 1 is 0.694 bits per heavy atom. The van der Waals surface area contributed by atoms with Crippen molar-refractivity contribution in [1.82, 2.24) is 30.2 Å². The van der Waals surface area contributed by atoms with Crippen LogP contribution < -0.4 is 0 Å². The normalized spacial score (nSPS) is 11.9. The van der Waals surface area contributed by atoms with Gasteiger partial charge in [-0.15, -0.1) is 10.2 Å². The smallest absolute Gasteiger partial charge is 0.205 e. The fourth-order valence-corrected chi connectivity index (χ4v) is 6.97. The molecule has 0 aliphatic carbocycles. The highest BCUT2D eigenvalue weighted by molar-refractivity contribution is 5.85. The Kier molecular flexibility index (Phi) is 8.76. The van der Waals surface area contributed by atoms with Crippen molar-refractivity contribution >= 4 is 0 Å². The van der Waals surface area contributed by atoms with Crippen molar-refractivity contribution < 1.29 is 5.11 Å². The summed E-state index contributed by atoms with van der Waals surface area (Å²) in [7, 11) is 0. The van der Waals surface area contributed by atoms with Crippen LogP contribution in [-0.2, 0) is 24.0 Å². The maximum absolute atomic E-state index is 10.7. The molecule has 49 heavy (non-hydrogen) atoms. The highest BCUT2D eigenvalue weighted by atomic mass is 16.3. The van der Waals surface area contributed by atoms with Crippen LogP contribution in [0.4, 0.5) is 0 Å². The molecule has 0 aliphatic heterocycles. The van der Waals surface area contributed by atoms with E-state index in [1.807, 2.05) is 6.20 Å². The number of hydrogen-bond acceptors (Lipinski definition) is 5. The van der Waals surface area contributed by atoms with E-state index in [-0.39, 0.29) is 0 Å². The third kappa shape index (κ3) is 6.09. The molecule has 7 aromatic rings. The summed E-state index contributed by atoms with van der Waals surface area (Å²) in [4.78, 5) is 4.80. The van der Waals surface area contributed by atoms with Crippen LogP contribution in [-0.4, -0.2) is 35.3 Å². The second kappa shape index (κ2) is 13.5. The van der Waals surface area contributed by atoms with E-state index in [1.54, 1.807) is 13.8 Å². The van der Waals surface area contributed by atoms with Gasteiger partial charge in [0.15, 0.2) is 0 Å². The number of rotatable bonds is 11. The van der Waals surface area contributed by atoms with E-state index >= 15 is 0 Å². The first-order chi connectivity index (χ1) is 23.9. The third-order valence-corrected chi connectivity index (χ3v) is 9.22. The van der Waals surface area contributed by atoms with Gasteiger partial charge >= 0.3 is 0 Å². The molecule has 0 atom stereocenters. The molecule has 2 heterocycles. The average Bonchev–Trinajstić information content (AvgIpc) is 3.82. The quantitative estimate of drug-likeness (QED) is 0.138. The van der Waals surface area contributed by atoms with E-state index in [9.17, 15) is 5.11 Å². The van der Waals surface area contributed by atoms with Crippen LogP contribution in [0.2, 0.25) is 0 Å². The number of aryl methyl sites for hydroxylation is 1. The van der Waals surface area contributed by atoms with E-state index in [0.29, 0.717) is 18.1 Å². The molecule has 244 valence electrons. The summed E-state index contributed by atoms with van der Waals surface area (Å²) in [6.45, 7) is 6.28. The van der Waals surface area contributed by atoms with Gasteiger partial charge in [-0.2, -0.15) is 5.21 Å². The topological polar surface area (TPSA) is 92.5 Å². The first kappa shape index (κ1) is 31.9. The highest BCUT2D eigenvalue weighted by Gasteiger charge is 2.40. The van der Waals surface area contributed by atoms with E-state index in [4.69, 9.17) is 4.98 Å². The van der Waals surface area contributed by atoms with Crippen LogP contribution in [0.1, 0.15) is 66.5 Å². The Morgan fingerprint density at radius 3 is 1.84 bits per heavy atom. The van der Waals surface area contributed by atoms with Gasteiger partial charge in [-0.05, 0) is 70.5 Å². The van der Waals surface area contributed by atoms with Gasteiger partial charge in [-0.1, -0.05) is 134 Å². The van der Waals surface area contributed by atoms with Crippen LogP contribution in [0.5, 0.6) is 0 Å². The number of nitrogens with zero attached hydrogens (tertiary/aromatic N) is 5. The van der Waals surface area contributed by atoms with Gasteiger partial charge in [0.1, 0.15) is 11.4 Å². The fourth-order valence-electron chi connectivity index (χ4n) is 6.97. The molecule has 0 saturated carbocycles. The lowest BCUT2D eigenvalue weighted by Gasteiger charge is -2.38. The maximum Gasteiger partial charge on any atom is 0.205 e. The predicted molar refractivity (Wildman–Crippen MR) is 194 cm³/mol. The van der Waals surface area contributed by atoms with Crippen molar-refractivity contribution in [3.8, 4) is 22.5 Å². The third-order valence-electron chi connectivity index (χ3n) is 9.22. The van der Waals surface area contributed by atoms with Crippen molar-refractivity contribution in [3.63, 3.8) is 0 Å². The number of hydrogen-bond donors (Lipinski definition) is 2. The molecule has 0 radical (unpaired) electrons. The Hall–Kier alpha value is -5.66. The number of imidazole rings is 1. The summed E-state index contributed by atoms with van der Waals surface area (Å²) < 4.78 is 2.14. The zero-order chi connectivity index (χ0) is 33.8. The SMILES string of the molecule is CCCc1nc(C(C)(C)O)cn1Cc1ccc(-c2ccccc2C(c2ccccc2)(c2ccccc2)c2ccccc2)c(-c2nn[nH]n2)c1. The van der Waals surface area contributed by atoms with E-state index in [1.165, 1.54) is 16.7 Å². The molecule has 0 saturated heterocycles. The molecular formula is C42H40N6O. The van der Waals surface area contributed by atoms with Gasteiger partial charge in [-0.25, -0.2) is 4.98 Å². The Labute approximate surface area is 287 Å². The van der Waals surface area contributed by atoms with Gasteiger partial charge in [0.2, 0.25) is 5.82 Å². The summed E-state index contributed by atoms with van der Waals surface area (Å²) in [5.41, 5.74) is 7.68. The van der Waals surface area contributed by atoms with Crippen molar-refractivity contribution in [1.29, 1.82) is 0 Å². The van der Waals surface area contributed by atoms with Crippen LogP contribution in [0.3, 0.4) is 0 Å². The Morgan fingerprint density at radius 2 is 1.29 bits per heavy atom. The van der Waals surface area contributed by atoms with Crippen molar-refractivity contribution in [2.45, 2.75) is 51.2 Å². The summed E-state index contributed by atoms with van der Waals surface area (Å²) in [6, 6.07) is 47.4. The van der Waals surface area contributed by atoms with Crippen LogP contribution in [0.15, 0.2) is 140 Å². The van der Waals surface area contributed by atoms with Gasteiger partial charge in [-0.3, -0.25) is 0 Å². The van der Waals surface area contributed by atoms with Crippen molar-refractivity contribution in [2.24, 2.45) is 0 Å². The number of aliphatic hydroxyl groups is 1. The molecule has 0 aliphatic rings. The molecule has 2 aromatic heterocycles. The average molecular weight is 645 g/mol. The van der Waals surface area contributed by atoms with Crippen molar-refractivity contribution in [3.05, 3.63) is 179 Å². The molecule has 7 heteroatoms. The molecule has 0 unspecified atom stereocenters. The lowest BCUT2D eigenvalue weighted by molar-refractivity contribution is 0.0741. The second-order valence-corrected chi connectivity index (χ2v) is 13.0. The first-order valence-corrected chi connectivity index (χ1v) is 16.8. The lowest BCUT2D eigenvalue weighted by atomic mass is 9.63. The van der Waals surface area contributed by atoms with E-state index < -0.39 is 11.0 Å². The lowest BCUT2D eigenvalue weighted by Crippen LogP contribution is -2.31. The van der Waals surface area contributed by atoms with E-state index in [2.05, 4.69) is 166 Å². The largest absolute Gasteiger partial charge is 0.384 e. The summed E-state index contributed by atoms with van der Waals surface area (Å²) in [6.07, 6.45) is 3.74. The molecule has 5 aromatic carbocycles. The molecule has 7 nitrogen and oxygen atoms in total. The second-order valence-electron chi connectivity index (χ2n) is 13.0. The molecule has 0 fully saturated rings. The molecule has 0 amide bonds. The maximum atomic E-state index is 10.7. The number of aromatic nitrogens is 6. The van der Waals surface area contributed by atoms with Gasteiger partial charge in [0.05, 0.1) is 11.1 Å². The van der Waals surface area contributed by atoms with E-state index in [0.717, 1.165) is 46.5 Å². The Bertz CT molecular complexity index is 2040. The molecule has 7 rings (SSSR count). The van der Waals surface area contributed by atoms with Gasteiger partial charge in [0.25, 0.3) is 0 Å². The van der Waals surface area contributed by atoms with Crippen LogP contribution in [0, 0.1) is 0 Å². The monoisotopic (exact) mass is 644 g/mol. The minimum atomic E-state index is -1.03. The number of nitrogens with one attached hydrogen (secondary N) is 1. The minimum Gasteiger partial charge on any atom is -0.384 e. The van der Waals surface area contributed by atoms with Crippen LogP contribution >= 0.6 is 0 Å².